The highest BCUT2D eigenvalue weighted by atomic mass is 32.2. The van der Waals surface area contributed by atoms with Crippen molar-refractivity contribution >= 4 is 57.4 Å². The number of thioether (sulfide) groups is 1. The molecule has 0 heterocycles. The van der Waals surface area contributed by atoms with E-state index in [-0.39, 0.29) is 41.2 Å². The molecular weight excluding hydrogens is 554 g/mol. The van der Waals surface area contributed by atoms with Gasteiger partial charge in [0.1, 0.15) is 17.6 Å². The smallest absolute Gasteiger partial charge is 0.327 e. The van der Waals surface area contributed by atoms with Crippen LogP contribution in [-0.2, 0) is 19.2 Å². The summed E-state index contributed by atoms with van der Waals surface area (Å²) in [7, 11) is 3.93. The molecular formula is C32H43N3O6S. The molecule has 9 nitrogen and oxygen atoms in total. The normalized spacial score (nSPS) is 18.8. The van der Waals surface area contributed by atoms with E-state index in [1.807, 2.05) is 63.2 Å². The maximum absolute atomic E-state index is 13.5. The molecule has 42 heavy (non-hydrogen) atoms. The topological polar surface area (TPSA) is 147 Å². The molecule has 1 saturated carbocycles. The number of carbonyl (C=O) groups is 5. The molecule has 10 heteroatoms. The molecule has 1 aliphatic carbocycles. The van der Waals surface area contributed by atoms with Gasteiger partial charge in [-0.2, -0.15) is 11.8 Å². The number of anilines is 1. The minimum atomic E-state index is -1.20. The van der Waals surface area contributed by atoms with Gasteiger partial charge in [-0.05, 0) is 54.7 Å². The first-order chi connectivity index (χ1) is 19.8. The van der Waals surface area contributed by atoms with E-state index in [1.54, 1.807) is 13.0 Å². The van der Waals surface area contributed by atoms with Crippen molar-refractivity contribution in [3.05, 3.63) is 42.0 Å². The first kappa shape index (κ1) is 33.3. The van der Waals surface area contributed by atoms with Crippen LogP contribution >= 0.6 is 11.8 Å². The first-order valence-electron chi connectivity index (χ1n) is 14.5. The zero-order valence-electron chi connectivity index (χ0n) is 25.1. The van der Waals surface area contributed by atoms with Gasteiger partial charge in [-0.15, -0.1) is 0 Å². The van der Waals surface area contributed by atoms with Gasteiger partial charge in [0.05, 0.1) is 11.8 Å². The molecule has 0 aromatic heterocycles. The van der Waals surface area contributed by atoms with Gasteiger partial charge in [-0.3, -0.25) is 19.2 Å². The number of benzene rings is 2. The highest BCUT2D eigenvalue weighted by Crippen LogP contribution is 2.37. The highest BCUT2D eigenvalue weighted by Gasteiger charge is 2.42. The molecule has 0 bridgehead atoms. The summed E-state index contributed by atoms with van der Waals surface area (Å²) in [5, 5.41) is 14.3. The number of hydrogen-bond acceptors (Lipinski definition) is 8. The molecule has 0 spiro atoms. The van der Waals surface area contributed by atoms with Gasteiger partial charge in [-0.25, -0.2) is 4.79 Å². The summed E-state index contributed by atoms with van der Waals surface area (Å²) in [4.78, 5) is 65.8. The monoisotopic (exact) mass is 597 g/mol. The third kappa shape index (κ3) is 8.41. The summed E-state index contributed by atoms with van der Waals surface area (Å²) in [5.41, 5.74) is 7.32. The van der Waals surface area contributed by atoms with E-state index in [4.69, 9.17) is 5.73 Å². The Morgan fingerprint density at radius 3 is 2.26 bits per heavy atom. The molecule has 0 radical (unpaired) electrons. The van der Waals surface area contributed by atoms with Crippen LogP contribution in [0.5, 0.6) is 0 Å². The molecule has 5 unspecified atom stereocenters. The van der Waals surface area contributed by atoms with Gasteiger partial charge < -0.3 is 21.1 Å². The number of carboxylic acids is 1. The summed E-state index contributed by atoms with van der Waals surface area (Å²) >= 11 is 1.15. The summed E-state index contributed by atoms with van der Waals surface area (Å²) in [6.45, 7) is 5.34. The van der Waals surface area contributed by atoms with Crippen molar-refractivity contribution in [2.24, 2.45) is 29.4 Å². The maximum Gasteiger partial charge on any atom is 0.327 e. The molecule has 0 aliphatic heterocycles. The number of Topliss-reactive ketones (excluding diaryl/α,β-unsaturated/α-hetero) is 3. The van der Waals surface area contributed by atoms with E-state index >= 15 is 0 Å². The van der Waals surface area contributed by atoms with E-state index in [0.717, 1.165) is 28.2 Å². The van der Waals surface area contributed by atoms with E-state index in [1.165, 1.54) is 0 Å². The molecule has 2 aromatic rings. The average Bonchev–Trinajstić information content (AvgIpc) is 3.44. The van der Waals surface area contributed by atoms with Crippen LogP contribution in [0.4, 0.5) is 5.69 Å². The fourth-order valence-corrected chi connectivity index (χ4v) is 6.38. The Hall–Kier alpha value is -3.24. The van der Waals surface area contributed by atoms with Gasteiger partial charge in [-0.1, -0.05) is 38.5 Å². The van der Waals surface area contributed by atoms with Crippen LogP contribution in [0.2, 0.25) is 0 Å². The second kappa shape index (κ2) is 14.8. The SMILES string of the molecule is CC(N)C(=O)CC(C(=O)C1CCCC1C(=O)NC(CSCC(=O)c1ccc2cc(N(C)C)ccc2c1)C(=O)O)C(C)C. The van der Waals surface area contributed by atoms with Crippen molar-refractivity contribution in [3.8, 4) is 0 Å². The summed E-state index contributed by atoms with van der Waals surface area (Å²) in [6.07, 6.45) is 1.71. The molecule has 2 aromatic carbocycles. The quantitative estimate of drug-likeness (QED) is 0.260. The lowest BCUT2D eigenvalue weighted by molar-refractivity contribution is -0.143. The van der Waals surface area contributed by atoms with Gasteiger partial charge >= 0.3 is 5.97 Å². The minimum absolute atomic E-state index is 0.00936. The van der Waals surface area contributed by atoms with E-state index in [9.17, 15) is 29.1 Å². The van der Waals surface area contributed by atoms with Crippen molar-refractivity contribution < 1.29 is 29.1 Å². The van der Waals surface area contributed by atoms with Crippen molar-refractivity contribution in [2.45, 2.75) is 58.5 Å². The second-order valence-corrected chi connectivity index (χ2v) is 12.9. The van der Waals surface area contributed by atoms with E-state index in [0.29, 0.717) is 24.8 Å². The third-order valence-corrected chi connectivity index (χ3v) is 9.15. The van der Waals surface area contributed by atoms with Crippen molar-refractivity contribution in [3.63, 3.8) is 0 Å². The fraction of sp³-hybridized carbons (Fsp3) is 0.531. The molecule has 1 amide bonds. The number of amides is 1. The zero-order chi connectivity index (χ0) is 31.1. The fourth-order valence-electron chi connectivity index (χ4n) is 5.45. The summed E-state index contributed by atoms with van der Waals surface area (Å²) in [6, 6.07) is 9.62. The molecule has 228 valence electrons. The van der Waals surface area contributed by atoms with Crippen LogP contribution in [0.15, 0.2) is 36.4 Å². The number of hydrogen-bond donors (Lipinski definition) is 3. The van der Waals surface area contributed by atoms with Crippen LogP contribution in [0, 0.1) is 23.7 Å². The molecule has 1 aliphatic rings. The number of nitrogens with two attached hydrogens (primary N) is 1. The number of aliphatic carboxylic acids is 1. The number of ketones is 3. The number of nitrogens with zero attached hydrogens (tertiary/aromatic N) is 1. The highest BCUT2D eigenvalue weighted by molar-refractivity contribution is 8.00. The Morgan fingerprint density at radius 1 is 1.00 bits per heavy atom. The Kier molecular flexibility index (Phi) is 11.7. The van der Waals surface area contributed by atoms with Crippen molar-refractivity contribution in [1.29, 1.82) is 0 Å². The minimum Gasteiger partial charge on any atom is -0.480 e. The van der Waals surface area contributed by atoms with Gasteiger partial charge in [0, 0.05) is 55.3 Å². The van der Waals surface area contributed by atoms with Gasteiger partial charge in [0.25, 0.3) is 0 Å². The summed E-state index contributed by atoms with van der Waals surface area (Å²) in [5.74, 6) is -3.90. The zero-order valence-corrected chi connectivity index (χ0v) is 25.9. The third-order valence-electron chi connectivity index (χ3n) is 8.11. The van der Waals surface area contributed by atoms with Crippen LogP contribution in [0.1, 0.15) is 56.8 Å². The number of fused-ring (bicyclic) bond motifs is 1. The van der Waals surface area contributed by atoms with Gasteiger partial charge in [0.2, 0.25) is 5.91 Å². The summed E-state index contributed by atoms with van der Waals surface area (Å²) < 4.78 is 0. The number of nitrogens with one attached hydrogen (secondary N) is 1. The van der Waals surface area contributed by atoms with Crippen molar-refractivity contribution in [2.75, 3.05) is 30.5 Å². The van der Waals surface area contributed by atoms with Crippen molar-refractivity contribution in [1.82, 2.24) is 5.32 Å². The number of carbonyl (C=O) groups excluding carboxylic acids is 4. The Morgan fingerprint density at radius 2 is 1.64 bits per heavy atom. The van der Waals surface area contributed by atoms with Crippen LogP contribution in [-0.4, -0.2) is 72.0 Å². The standard InChI is InChI=1S/C32H43N3O6S/c1-18(2)26(15-28(36)19(3)33)30(38)24-7-6-8-25(24)31(39)34-27(32(40)41)16-42-17-29(37)22-10-9-21-14-23(35(4)5)12-11-20(21)13-22/h9-14,18-19,24-27H,6-8,15-17,33H2,1-5H3,(H,34,39)(H,40,41). The van der Waals surface area contributed by atoms with Crippen LogP contribution in [0.3, 0.4) is 0 Å². The largest absolute Gasteiger partial charge is 0.480 e. The number of rotatable bonds is 15. The number of carboxylic acid groups (broad SMARTS) is 1. The molecule has 3 rings (SSSR count). The Labute approximate surface area is 252 Å². The molecule has 0 saturated heterocycles. The maximum atomic E-state index is 13.5. The Balaban J connectivity index is 1.60. The molecule has 4 N–H and O–H groups in total. The second-order valence-electron chi connectivity index (χ2n) is 11.8. The molecule has 5 atom stereocenters. The molecule has 1 fully saturated rings. The lowest BCUT2D eigenvalue weighted by Crippen LogP contribution is -2.47. The van der Waals surface area contributed by atoms with E-state index < -0.39 is 41.7 Å². The predicted molar refractivity (Wildman–Crippen MR) is 167 cm³/mol. The predicted octanol–water partition coefficient (Wildman–Crippen LogP) is 3.96. The lowest BCUT2D eigenvalue weighted by Gasteiger charge is -2.27. The van der Waals surface area contributed by atoms with Crippen LogP contribution < -0.4 is 16.0 Å². The van der Waals surface area contributed by atoms with Crippen LogP contribution in [0.25, 0.3) is 10.8 Å². The average molecular weight is 598 g/mol. The first-order valence-corrected chi connectivity index (χ1v) is 15.6. The van der Waals surface area contributed by atoms with E-state index in [2.05, 4.69) is 5.32 Å². The lowest BCUT2D eigenvalue weighted by atomic mass is 9.77. The Bertz CT molecular complexity index is 1320. The van der Waals surface area contributed by atoms with Gasteiger partial charge in [0.15, 0.2) is 5.78 Å².